The summed E-state index contributed by atoms with van der Waals surface area (Å²) >= 11 is 0. The van der Waals surface area contributed by atoms with Gasteiger partial charge >= 0.3 is 6.09 Å². The van der Waals surface area contributed by atoms with Crippen molar-refractivity contribution in [2.24, 2.45) is 0 Å². The van der Waals surface area contributed by atoms with Gasteiger partial charge in [0.1, 0.15) is 5.60 Å². The smallest absolute Gasteiger partial charge is 0.407 e. The molecule has 1 aromatic carbocycles. The maximum absolute atomic E-state index is 11.8. The Hall–Kier alpha value is -1.59. The number of amides is 1. The molecule has 2 rings (SSSR count). The van der Waals surface area contributed by atoms with Gasteiger partial charge in [-0.25, -0.2) is 4.79 Å². The number of hydrogen-bond acceptors (Lipinski definition) is 4. The number of carbonyl (C=O) groups is 1. The lowest BCUT2D eigenvalue weighted by atomic mass is 10.1. The molecule has 0 bridgehead atoms. The minimum atomic E-state index is -0.464. The molecular formula is C18H28N2O3. The van der Waals surface area contributed by atoms with Crippen LogP contribution in [0.3, 0.4) is 0 Å². The number of hydrogen-bond donors (Lipinski definition) is 2. The minimum Gasteiger partial charge on any atom is -0.444 e. The molecule has 1 heterocycles. The van der Waals surface area contributed by atoms with Crippen LogP contribution < -0.4 is 5.32 Å². The number of likely N-dealkylation sites (tertiary alicyclic amines) is 1. The van der Waals surface area contributed by atoms with E-state index in [1.807, 2.05) is 32.9 Å². The third-order valence-electron chi connectivity index (χ3n) is 3.97. The maximum atomic E-state index is 11.8. The summed E-state index contributed by atoms with van der Waals surface area (Å²) in [5.41, 5.74) is 1.69. The third-order valence-corrected chi connectivity index (χ3v) is 3.97. The predicted octanol–water partition coefficient (Wildman–Crippen LogP) is 2.67. The van der Waals surface area contributed by atoms with E-state index in [9.17, 15) is 4.79 Å². The van der Waals surface area contributed by atoms with Crippen molar-refractivity contribution in [1.29, 1.82) is 0 Å². The molecule has 1 fully saturated rings. The first-order valence-corrected chi connectivity index (χ1v) is 8.27. The van der Waals surface area contributed by atoms with Gasteiger partial charge in [-0.1, -0.05) is 24.3 Å². The molecule has 0 aromatic heterocycles. The molecule has 0 spiro atoms. The lowest BCUT2D eigenvalue weighted by Crippen LogP contribution is -2.41. The highest BCUT2D eigenvalue weighted by Gasteiger charge is 2.25. The molecule has 0 radical (unpaired) electrons. The van der Waals surface area contributed by atoms with Gasteiger partial charge in [0.2, 0.25) is 0 Å². The average Bonchev–Trinajstić information content (AvgIpc) is 2.91. The standard InChI is InChI=1S/C18H28N2O3/c1-18(2,3)23-17(22)19-11-16-5-4-10-20(16)12-14-6-8-15(13-21)9-7-14/h6-9,16,21H,4-5,10-13H2,1-3H3,(H,19,22). The molecule has 1 aromatic rings. The van der Waals surface area contributed by atoms with Gasteiger partial charge in [0.15, 0.2) is 0 Å². The molecule has 1 aliphatic heterocycles. The highest BCUT2D eigenvalue weighted by molar-refractivity contribution is 5.67. The van der Waals surface area contributed by atoms with Gasteiger partial charge in [0.25, 0.3) is 0 Å². The first-order chi connectivity index (χ1) is 10.9. The van der Waals surface area contributed by atoms with Crippen LogP contribution in [0.15, 0.2) is 24.3 Å². The predicted molar refractivity (Wildman–Crippen MR) is 90.0 cm³/mol. The van der Waals surface area contributed by atoms with Crippen molar-refractivity contribution in [3.05, 3.63) is 35.4 Å². The van der Waals surface area contributed by atoms with E-state index in [2.05, 4.69) is 22.3 Å². The number of rotatable bonds is 5. The molecule has 0 aliphatic carbocycles. The van der Waals surface area contributed by atoms with E-state index in [1.54, 1.807) is 0 Å². The van der Waals surface area contributed by atoms with Crippen molar-refractivity contribution in [2.45, 2.75) is 58.4 Å². The topological polar surface area (TPSA) is 61.8 Å². The molecule has 1 saturated heterocycles. The molecule has 2 N–H and O–H groups in total. The Kier molecular flexibility index (Phi) is 6.02. The largest absolute Gasteiger partial charge is 0.444 e. The highest BCUT2D eigenvalue weighted by atomic mass is 16.6. The zero-order chi connectivity index (χ0) is 16.9. The van der Waals surface area contributed by atoms with E-state index in [4.69, 9.17) is 9.84 Å². The van der Waals surface area contributed by atoms with Crippen LogP contribution in [0.2, 0.25) is 0 Å². The summed E-state index contributed by atoms with van der Waals surface area (Å²) < 4.78 is 5.28. The van der Waals surface area contributed by atoms with E-state index in [1.165, 1.54) is 5.56 Å². The van der Waals surface area contributed by atoms with Gasteiger partial charge in [0, 0.05) is 19.1 Å². The van der Waals surface area contributed by atoms with Crippen LogP contribution in [0.4, 0.5) is 4.79 Å². The normalized spacial score (nSPS) is 18.9. The second-order valence-electron chi connectivity index (χ2n) is 7.12. The van der Waals surface area contributed by atoms with Gasteiger partial charge < -0.3 is 15.2 Å². The maximum Gasteiger partial charge on any atom is 0.407 e. The van der Waals surface area contributed by atoms with Crippen LogP contribution in [0.1, 0.15) is 44.7 Å². The summed E-state index contributed by atoms with van der Waals surface area (Å²) in [5.74, 6) is 0. The molecular weight excluding hydrogens is 292 g/mol. The van der Waals surface area contributed by atoms with E-state index < -0.39 is 5.60 Å². The number of nitrogens with zero attached hydrogens (tertiary/aromatic N) is 1. The van der Waals surface area contributed by atoms with Gasteiger partial charge in [0.05, 0.1) is 6.61 Å². The highest BCUT2D eigenvalue weighted by Crippen LogP contribution is 2.20. The van der Waals surface area contributed by atoms with E-state index in [-0.39, 0.29) is 12.7 Å². The van der Waals surface area contributed by atoms with Crippen LogP contribution in [0.5, 0.6) is 0 Å². The Morgan fingerprint density at radius 3 is 2.57 bits per heavy atom. The van der Waals surface area contributed by atoms with E-state index in [0.717, 1.165) is 31.5 Å². The van der Waals surface area contributed by atoms with Crippen LogP contribution >= 0.6 is 0 Å². The van der Waals surface area contributed by atoms with Gasteiger partial charge in [-0.15, -0.1) is 0 Å². The molecule has 0 saturated carbocycles. The zero-order valence-corrected chi connectivity index (χ0v) is 14.3. The Morgan fingerprint density at radius 2 is 1.96 bits per heavy atom. The number of aliphatic hydroxyl groups is 1. The quantitative estimate of drug-likeness (QED) is 0.875. The van der Waals surface area contributed by atoms with Crippen molar-refractivity contribution in [2.75, 3.05) is 13.1 Å². The summed E-state index contributed by atoms with van der Waals surface area (Å²) in [5, 5.41) is 12.0. The molecule has 1 unspecified atom stereocenters. The van der Waals surface area contributed by atoms with Crippen LogP contribution in [-0.2, 0) is 17.9 Å². The van der Waals surface area contributed by atoms with Gasteiger partial charge in [-0.3, -0.25) is 4.90 Å². The Morgan fingerprint density at radius 1 is 1.30 bits per heavy atom. The lowest BCUT2D eigenvalue weighted by Gasteiger charge is -2.26. The number of ether oxygens (including phenoxy) is 1. The molecule has 1 atom stereocenters. The fraction of sp³-hybridized carbons (Fsp3) is 0.611. The Labute approximate surface area is 138 Å². The first-order valence-electron chi connectivity index (χ1n) is 8.27. The number of carbonyl (C=O) groups excluding carboxylic acids is 1. The molecule has 128 valence electrons. The minimum absolute atomic E-state index is 0.0758. The fourth-order valence-electron chi connectivity index (χ4n) is 2.83. The summed E-state index contributed by atoms with van der Waals surface area (Å²) in [6.45, 7) is 8.20. The third kappa shape index (κ3) is 5.84. The number of alkyl carbamates (subject to hydrolysis) is 1. The SMILES string of the molecule is CC(C)(C)OC(=O)NCC1CCCN1Cc1ccc(CO)cc1. The van der Waals surface area contributed by atoms with Crippen LogP contribution in [0, 0.1) is 0 Å². The Balaban J connectivity index is 1.83. The van der Waals surface area contributed by atoms with E-state index >= 15 is 0 Å². The molecule has 1 aliphatic rings. The molecule has 23 heavy (non-hydrogen) atoms. The van der Waals surface area contributed by atoms with Crippen molar-refractivity contribution in [3.63, 3.8) is 0 Å². The van der Waals surface area contributed by atoms with Gasteiger partial charge in [-0.2, -0.15) is 0 Å². The monoisotopic (exact) mass is 320 g/mol. The lowest BCUT2D eigenvalue weighted by molar-refractivity contribution is 0.0512. The molecule has 5 nitrogen and oxygen atoms in total. The second kappa shape index (κ2) is 7.79. The molecule has 1 amide bonds. The van der Waals surface area contributed by atoms with Gasteiger partial charge in [-0.05, 0) is 51.3 Å². The van der Waals surface area contributed by atoms with Crippen molar-refractivity contribution < 1.29 is 14.6 Å². The summed E-state index contributed by atoms with van der Waals surface area (Å²) in [6.07, 6.45) is 1.89. The second-order valence-corrected chi connectivity index (χ2v) is 7.12. The van der Waals surface area contributed by atoms with Crippen LogP contribution in [0.25, 0.3) is 0 Å². The summed E-state index contributed by atoms with van der Waals surface area (Å²) in [4.78, 5) is 14.2. The number of nitrogens with one attached hydrogen (secondary N) is 1. The van der Waals surface area contributed by atoms with Crippen molar-refractivity contribution in [3.8, 4) is 0 Å². The van der Waals surface area contributed by atoms with Crippen LogP contribution in [-0.4, -0.2) is 40.8 Å². The zero-order valence-electron chi connectivity index (χ0n) is 14.3. The van der Waals surface area contributed by atoms with E-state index in [0.29, 0.717) is 12.6 Å². The molecule has 5 heteroatoms. The number of aliphatic hydroxyl groups excluding tert-OH is 1. The summed E-state index contributed by atoms with van der Waals surface area (Å²) in [6, 6.07) is 8.38. The van der Waals surface area contributed by atoms with Crippen molar-refractivity contribution >= 4 is 6.09 Å². The fourth-order valence-corrected chi connectivity index (χ4v) is 2.83. The summed E-state index contributed by atoms with van der Waals surface area (Å²) in [7, 11) is 0. The number of benzene rings is 1. The Bertz CT molecular complexity index is 508. The van der Waals surface area contributed by atoms with Crippen molar-refractivity contribution in [1.82, 2.24) is 10.2 Å². The first kappa shape index (κ1) is 17.8. The average molecular weight is 320 g/mol.